The van der Waals surface area contributed by atoms with Gasteiger partial charge in [0.05, 0.1) is 26.1 Å². The molecule has 6 amide bonds. The predicted octanol–water partition coefficient (Wildman–Crippen LogP) is 12.4. The highest BCUT2D eigenvalue weighted by Crippen LogP contribution is 2.45. The van der Waals surface area contributed by atoms with Gasteiger partial charge >= 0.3 is 42.2 Å². The lowest BCUT2D eigenvalue weighted by molar-refractivity contribution is -0.154. The molecule has 0 saturated heterocycles. The number of Topliss-reactive ketones (excluding diaryl/α,β-unsaturated/α-hetero) is 2. The van der Waals surface area contributed by atoms with Gasteiger partial charge in [-0.05, 0) is 154 Å². The molecule has 2 aromatic carbocycles. The Balaban J connectivity index is 0.000000241. The number of aliphatic imine (C=N–C) groups is 3. The van der Waals surface area contributed by atoms with Crippen LogP contribution in [-0.4, -0.2) is 200 Å². The minimum Gasteiger partial charge on any atom is -0.479 e. The number of ketones is 2. The number of benzene rings is 2. The number of carboxylic acids is 1. The van der Waals surface area contributed by atoms with E-state index in [0.29, 0.717) is 5.69 Å². The Morgan fingerprint density at radius 3 is 1.51 bits per heavy atom. The largest absolute Gasteiger partial charge is 0.479 e. The number of hydrogen-bond acceptors (Lipinski definition) is 30. The zero-order valence-corrected chi connectivity index (χ0v) is 77.8. The molecule has 37 heteroatoms. The van der Waals surface area contributed by atoms with Gasteiger partial charge in [0.1, 0.15) is 104 Å². The molecule has 7 N–H and O–H groups in total. The van der Waals surface area contributed by atoms with Crippen LogP contribution in [0.3, 0.4) is 0 Å². The molecule has 2 unspecified atom stereocenters. The summed E-state index contributed by atoms with van der Waals surface area (Å²) in [6, 6.07) is 13.5. The fraction of sp³-hybridized carbons (Fsp3) is 0.548. The van der Waals surface area contributed by atoms with Gasteiger partial charge in [-0.15, -0.1) is 0 Å². The van der Waals surface area contributed by atoms with Gasteiger partial charge in [-0.2, -0.15) is 0 Å². The molecule has 9 atom stereocenters. The average molecular weight is 1810 g/mol. The molecule has 10 rings (SSSR count). The van der Waals surface area contributed by atoms with Crippen molar-refractivity contribution in [2.45, 2.75) is 286 Å². The molecule has 4 bridgehead atoms. The van der Waals surface area contributed by atoms with E-state index in [1.807, 2.05) is 77.1 Å². The Labute approximate surface area is 757 Å². The molecule has 0 spiro atoms. The number of carbonyl (C=O) groups excluding carboxylic acids is 11. The third-order valence-corrected chi connectivity index (χ3v) is 19.8. The first-order chi connectivity index (χ1) is 61.2. The van der Waals surface area contributed by atoms with E-state index in [1.54, 1.807) is 101 Å². The van der Waals surface area contributed by atoms with Gasteiger partial charge in [0, 0.05) is 18.8 Å². The molecule has 0 fully saturated rings. The normalized spacial score (nSPS) is 19.9. The molecule has 7 heterocycles. The molecule has 0 radical (unpaired) electrons. The van der Waals surface area contributed by atoms with Crippen LogP contribution in [0.5, 0.6) is 0 Å². The Morgan fingerprint density at radius 1 is 0.585 bits per heavy atom. The monoisotopic (exact) mass is 1810 g/mol. The summed E-state index contributed by atoms with van der Waals surface area (Å²) in [4.78, 5) is 174. The smallest absolute Gasteiger partial charge is 0.408 e. The molecule has 3 aromatic heterocycles. The number of nitrogens with zero attached hydrogens (tertiary/aromatic N) is 6. The Hall–Kier alpha value is -12.9. The number of hydrogen-bond donors (Lipinski definition) is 7. The zero-order valence-electron chi connectivity index (χ0n) is 77.8. The second kappa shape index (κ2) is 48.0. The van der Waals surface area contributed by atoms with Gasteiger partial charge in [-0.25, -0.2) is 63.5 Å². The summed E-state index contributed by atoms with van der Waals surface area (Å²) < 4.78 is 65.1. The van der Waals surface area contributed by atoms with Crippen LogP contribution in [0.25, 0.3) is 11.1 Å². The number of nitrogens with one attached hydrogen (secondary N) is 6. The van der Waals surface area contributed by atoms with Gasteiger partial charge < -0.3 is 92.9 Å². The number of aromatic nitrogens is 3. The quantitative estimate of drug-likeness (QED) is 0.0119. The van der Waals surface area contributed by atoms with Crippen molar-refractivity contribution in [3.05, 3.63) is 150 Å². The van der Waals surface area contributed by atoms with E-state index in [-0.39, 0.29) is 153 Å². The van der Waals surface area contributed by atoms with Crippen LogP contribution in [-0.2, 0) is 105 Å². The summed E-state index contributed by atoms with van der Waals surface area (Å²) in [5.41, 5.74) is 0.252. The summed E-state index contributed by atoms with van der Waals surface area (Å²) in [5, 5.41) is 25.0. The second-order valence-corrected chi connectivity index (χ2v) is 35.3. The first-order valence-electron chi connectivity index (χ1n) is 43.5. The number of oxazole rings is 3. The molecule has 5 aliphatic rings. The van der Waals surface area contributed by atoms with E-state index >= 15 is 0 Å². The predicted molar refractivity (Wildman–Crippen MR) is 475 cm³/mol. The molecule has 4 aliphatic heterocycles. The van der Waals surface area contributed by atoms with E-state index in [4.69, 9.17) is 61.0 Å². The number of allylic oxidation sites excluding steroid dienone is 3. The molecule has 0 saturated carbocycles. The molecular weight excluding hydrogens is 1690 g/mol. The highest BCUT2D eigenvalue weighted by molar-refractivity contribution is 6.01. The maximum Gasteiger partial charge on any atom is 0.408 e. The summed E-state index contributed by atoms with van der Waals surface area (Å²) >= 11 is 0. The van der Waals surface area contributed by atoms with Crippen molar-refractivity contribution in [3.8, 4) is 11.1 Å². The number of unbranched alkanes of at least 4 members (excludes halogenated alkanes) is 3. The minimum absolute atomic E-state index is 0.00462. The number of fused-ring (bicyclic) bond motifs is 7. The third kappa shape index (κ3) is 32.1. The summed E-state index contributed by atoms with van der Waals surface area (Å²) in [5.74, 6) is -4.20. The summed E-state index contributed by atoms with van der Waals surface area (Å²) in [6.45, 7) is 35.0. The summed E-state index contributed by atoms with van der Waals surface area (Å²) in [7, 11) is 0. The number of esters is 3. The Bertz CT molecular complexity index is 4920. The van der Waals surface area contributed by atoms with Crippen LogP contribution >= 0.6 is 0 Å². The van der Waals surface area contributed by atoms with Crippen molar-refractivity contribution < 1.29 is 119 Å². The number of cyclic esters (lactones) is 1. The van der Waals surface area contributed by atoms with Crippen molar-refractivity contribution in [1.29, 1.82) is 0 Å². The molecule has 708 valence electrons. The number of carboxylic acid groups (broad SMARTS) is 1. The van der Waals surface area contributed by atoms with E-state index in [1.165, 1.54) is 39.6 Å². The van der Waals surface area contributed by atoms with Crippen molar-refractivity contribution in [3.63, 3.8) is 0 Å². The van der Waals surface area contributed by atoms with Gasteiger partial charge in [0.15, 0.2) is 33.7 Å². The van der Waals surface area contributed by atoms with Crippen LogP contribution < -0.4 is 31.9 Å². The number of alkyl carbamates (subject to hydrolysis) is 3. The van der Waals surface area contributed by atoms with E-state index in [0.717, 1.165) is 60.8 Å². The first kappa shape index (κ1) is 104. The van der Waals surface area contributed by atoms with Crippen LogP contribution in [0.4, 0.5) is 14.4 Å². The van der Waals surface area contributed by atoms with Crippen LogP contribution in [0.2, 0.25) is 0 Å². The lowest BCUT2D eigenvalue weighted by Gasteiger charge is -2.26. The Kier molecular flexibility index (Phi) is 38.5. The lowest BCUT2D eigenvalue weighted by atomic mass is 9.98. The van der Waals surface area contributed by atoms with Gasteiger partial charge in [0.2, 0.25) is 41.3 Å². The SMILES string of the molecule is CC(C)(C)OC(=O)NCc1nc(C2=N[C@](C)(C(=O)O)CO2)co1.CCC/C=C/C(CC(C)=O)OC(=O)[C@@H](NC(=O)[C@]1(C)COC(c2coc(CNC(=O)OC(C)(C)C)n2)=N1)C(C)C.CCC/C=C/C1CC(=O)NCc2nc(co2)C2=N[C@@](C)(CO2)C(=O)N[C@@H](C(C)C)C(=O)O1.CCC/C=C/[C@H](CC(C)=O)OC(=O)[C@@H](NC(=O)OCC1c2ccccc2-c2ccccc21)C(C)C. The zero-order chi connectivity index (χ0) is 96.0. The van der Waals surface area contributed by atoms with Crippen molar-refractivity contribution >= 4 is 89.1 Å². The van der Waals surface area contributed by atoms with Crippen molar-refractivity contribution in [2.24, 2.45) is 32.7 Å². The molecular formula is C93H126N12O25. The number of carbonyl (C=O) groups is 12. The minimum atomic E-state index is -1.34. The average Bonchev–Trinajstić information content (AvgIpc) is 1.62. The molecule has 5 aromatic rings. The topological polar surface area (TPSA) is 495 Å². The third-order valence-electron chi connectivity index (χ3n) is 19.8. The van der Waals surface area contributed by atoms with Crippen LogP contribution in [0, 0.1) is 17.8 Å². The number of rotatable bonds is 32. The molecule has 130 heavy (non-hydrogen) atoms. The standard InChI is InChI=1S/C29H35NO5.C28H42N4O8.C22H30N4O6.C14H19N3O6/c1-5-6-7-12-21(17-20(4)31)35-28(32)27(19(2)3)30-29(33)34-18-26-24-15-10-8-13-22(24)23-14-9-11-16-25(23)26;1-9-10-11-12-19(13-18(4)33)39-24(34)22(17(2)3)31-25(35)28(8)16-38-23(32-28)20-15-37-21(30-20)14-29-26(36)40-27(5,6)7;1-5-6-7-8-14-9-16(27)23-10-17-24-15(11-30-17)19-26-22(4,12-31-19)21(29)25-18(13(2)3)20(28)32-14;1-13(2,3)23-12(20)15-5-9-16-8(6-21-9)10-17-14(4,7-22-10)11(18)19/h7-16,19,21,26-27H,5-6,17-18H2,1-4H3,(H,30,33);11-12,15,17,19,22H,9-10,13-14,16H2,1-8H3,(H,29,36)(H,31,35);7-8,11,13-14,18H,5-6,9-10,12H2,1-4H3,(H,23,27)(H,25,29);6H,5,7H2,1-4H3,(H,15,20)(H,18,19)/b12-7+;12-11+;8-7+;/t21-,27+;19?,22-,28-;14?,18-,22-;14-/m1000/s1. The highest BCUT2D eigenvalue weighted by atomic mass is 16.6. The maximum atomic E-state index is 13.3. The van der Waals surface area contributed by atoms with Crippen molar-refractivity contribution in [2.75, 3.05) is 26.4 Å². The van der Waals surface area contributed by atoms with Gasteiger partial charge in [0.25, 0.3) is 11.8 Å². The number of aliphatic carboxylic acids is 1. The molecule has 37 nitrogen and oxygen atoms in total. The van der Waals surface area contributed by atoms with Crippen LogP contribution in [0.15, 0.2) is 132 Å². The van der Waals surface area contributed by atoms with Crippen LogP contribution in [0.1, 0.15) is 248 Å². The number of amides is 6. The maximum absolute atomic E-state index is 13.3. The van der Waals surface area contributed by atoms with E-state index < -0.39 is 118 Å². The lowest BCUT2D eigenvalue weighted by Crippen LogP contribution is -2.53. The first-order valence-corrected chi connectivity index (χ1v) is 43.5. The molecule has 1 aliphatic carbocycles. The summed E-state index contributed by atoms with van der Waals surface area (Å²) in [6.07, 6.45) is 16.1. The van der Waals surface area contributed by atoms with E-state index in [9.17, 15) is 57.5 Å². The van der Waals surface area contributed by atoms with Gasteiger partial charge in [-0.3, -0.25) is 24.0 Å². The number of ether oxygens (including phenoxy) is 9. The second-order valence-electron chi connectivity index (χ2n) is 35.3. The van der Waals surface area contributed by atoms with Gasteiger partial charge in [-0.1, -0.05) is 148 Å². The highest BCUT2D eigenvalue weighted by Gasteiger charge is 2.46. The van der Waals surface area contributed by atoms with E-state index in [2.05, 4.69) is 86.1 Å². The Morgan fingerprint density at radius 2 is 1.04 bits per heavy atom. The fourth-order valence-corrected chi connectivity index (χ4v) is 12.8. The fourth-order valence-electron chi connectivity index (χ4n) is 12.8. The van der Waals surface area contributed by atoms with Crippen molar-refractivity contribution in [1.82, 2.24) is 46.9 Å².